The van der Waals surface area contributed by atoms with Gasteiger partial charge in [-0.15, -0.1) is 0 Å². The summed E-state index contributed by atoms with van der Waals surface area (Å²) in [5.74, 6) is 0. The van der Waals surface area contributed by atoms with Crippen molar-refractivity contribution in [1.82, 2.24) is 9.88 Å². The molecule has 6 heteroatoms. The highest BCUT2D eigenvalue weighted by Crippen LogP contribution is 2.33. The Morgan fingerprint density at radius 1 is 1.33 bits per heavy atom. The molecule has 1 atom stereocenters. The topological polar surface area (TPSA) is 97.4 Å². The van der Waals surface area contributed by atoms with E-state index >= 15 is 0 Å². The molecule has 0 bridgehead atoms. The van der Waals surface area contributed by atoms with Crippen molar-refractivity contribution in [3.05, 3.63) is 42.1 Å². The van der Waals surface area contributed by atoms with Crippen molar-refractivity contribution in [2.45, 2.75) is 18.9 Å². The molecule has 1 aliphatic carbocycles. The first kappa shape index (κ1) is 13.2. The molecule has 0 saturated carbocycles. The average molecular weight is 285 g/mol. The van der Waals surface area contributed by atoms with Crippen LogP contribution < -0.4 is 11.1 Å². The maximum Gasteiger partial charge on any atom is 0.404 e. The molecule has 1 heterocycles. The van der Waals surface area contributed by atoms with Crippen LogP contribution in [-0.2, 0) is 0 Å². The van der Waals surface area contributed by atoms with Gasteiger partial charge in [-0.3, -0.25) is 4.57 Å². The van der Waals surface area contributed by atoms with Gasteiger partial charge in [-0.05, 0) is 36.1 Å². The molecule has 2 amide bonds. The molecule has 1 aromatic carbocycles. The second-order valence-electron chi connectivity index (χ2n) is 5.08. The Balaban J connectivity index is 1.95. The molecule has 0 spiro atoms. The molecule has 3 rings (SSSR count). The molecule has 0 aliphatic heterocycles. The summed E-state index contributed by atoms with van der Waals surface area (Å²) in [5, 5.41) is 12.2. The molecule has 1 aliphatic rings. The minimum absolute atomic E-state index is 0.0917. The molecule has 21 heavy (non-hydrogen) atoms. The van der Waals surface area contributed by atoms with E-state index in [1.807, 2.05) is 30.3 Å². The van der Waals surface area contributed by atoms with Gasteiger partial charge in [0.05, 0.1) is 5.52 Å². The maximum absolute atomic E-state index is 11.4. The predicted molar refractivity (Wildman–Crippen MR) is 79.1 cm³/mol. The molecule has 0 radical (unpaired) electrons. The molecule has 0 fully saturated rings. The van der Waals surface area contributed by atoms with Crippen molar-refractivity contribution in [1.29, 1.82) is 0 Å². The second kappa shape index (κ2) is 4.97. The number of amides is 2. The summed E-state index contributed by atoms with van der Waals surface area (Å²) in [7, 11) is 0. The predicted octanol–water partition coefficient (Wildman–Crippen LogP) is 2.38. The van der Waals surface area contributed by atoms with Crippen LogP contribution in [0.3, 0.4) is 0 Å². The Labute approximate surface area is 120 Å². The maximum atomic E-state index is 11.4. The molecule has 2 aromatic rings. The Hall–Kier alpha value is -2.76. The zero-order chi connectivity index (χ0) is 15.0. The van der Waals surface area contributed by atoms with Crippen molar-refractivity contribution < 1.29 is 14.7 Å². The van der Waals surface area contributed by atoms with E-state index in [9.17, 15) is 9.59 Å². The number of primary amides is 1. The number of nitrogens with zero attached hydrogens (tertiary/aromatic N) is 1. The highest BCUT2D eigenvalue weighted by atomic mass is 16.4. The number of hydrogen-bond donors (Lipinski definition) is 3. The van der Waals surface area contributed by atoms with Gasteiger partial charge in [-0.25, -0.2) is 9.59 Å². The molecule has 0 saturated heterocycles. The van der Waals surface area contributed by atoms with Crippen molar-refractivity contribution in [3.63, 3.8) is 0 Å². The monoisotopic (exact) mass is 285 g/mol. The smallest absolute Gasteiger partial charge is 0.404 e. The Morgan fingerprint density at radius 3 is 2.86 bits per heavy atom. The van der Waals surface area contributed by atoms with Gasteiger partial charge in [0.1, 0.15) is 0 Å². The number of hydrogen-bond acceptors (Lipinski definition) is 2. The van der Waals surface area contributed by atoms with Crippen LogP contribution in [0.1, 0.15) is 18.4 Å². The first-order valence-electron chi connectivity index (χ1n) is 6.65. The molecule has 6 nitrogen and oxygen atoms in total. The lowest BCUT2D eigenvalue weighted by Crippen LogP contribution is -2.31. The van der Waals surface area contributed by atoms with E-state index in [4.69, 9.17) is 10.8 Å². The molecule has 108 valence electrons. The van der Waals surface area contributed by atoms with E-state index in [-0.39, 0.29) is 6.04 Å². The van der Waals surface area contributed by atoms with Gasteiger partial charge >= 0.3 is 12.1 Å². The highest BCUT2D eigenvalue weighted by Gasteiger charge is 2.21. The molecular weight excluding hydrogens is 270 g/mol. The minimum Gasteiger partial charge on any atom is -0.465 e. The van der Waals surface area contributed by atoms with Gasteiger partial charge in [-0.1, -0.05) is 18.2 Å². The summed E-state index contributed by atoms with van der Waals surface area (Å²) >= 11 is 0. The number of nitrogens with one attached hydrogen (secondary N) is 1. The molecular formula is C15H15N3O3. The lowest BCUT2D eigenvalue weighted by Gasteiger charge is -2.11. The highest BCUT2D eigenvalue weighted by molar-refractivity contribution is 5.97. The Morgan fingerprint density at radius 2 is 2.14 bits per heavy atom. The van der Waals surface area contributed by atoms with E-state index in [0.717, 1.165) is 22.0 Å². The van der Waals surface area contributed by atoms with Crippen LogP contribution in [0, 0.1) is 0 Å². The number of carbonyl (C=O) groups is 2. The SMILES string of the molecule is NC(=O)n1ccc2c(C3=CCC(NC(=O)O)C3)cccc21. The van der Waals surface area contributed by atoms with Gasteiger partial charge in [0, 0.05) is 17.6 Å². The van der Waals surface area contributed by atoms with E-state index in [1.54, 1.807) is 6.20 Å². The van der Waals surface area contributed by atoms with E-state index in [0.29, 0.717) is 12.8 Å². The Bertz CT molecular complexity index is 761. The largest absolute Gasteiger partial charge is 0.465 e. The fraction of sp³-hybridized carbons (Fsp3) is 0.200. The van der Waals surface area contributed by atoms with Crippen molar-refractivity contribution in [2.75, 3.05) is 0 Å². The van der Waals surface area contributed by atoms with Crippen LogP contribution in [0.4, 0.5) is 9.59 Å². The summed E-state index contributed by atoms with van der Waals surface area (Å²) in [6.07, 6.45) is 4.00. The summed E-state index contributed by atoms with van der Waals surface area (Å²) in [6.45, 7) is 0. The third-order valence-electron chi connectivity index (χ3n) is 3.76. The number of rotatable bonds is 2. The number of aromatic nitrogens is 1. The normalized spacial score (nSPS) is 17.7. The summed E-state index contributed by atoms with van der Waals surface area (Å²) in [6, 6.07) is 6.93. The number of nitrogens with two attached hydrogens (primary N) is 1. The van der Waals surface area contributed by atoms with Crippen LogP contribution in [0.25, 0.3) is 16.5 Å². The van der Waals surface area contributed by atoms with Crippen LogP contribution in [0.2, 0.25) is 0 Å². The van der Waals surface area contributed by atoms with Gasteiger partial charge in [-0.2, -0.15) is 0 Å². The summed E-state index contributed by atoms with van der Waals surface area (Å²) in [5.41, 5.74) is 8.20. The van der Waals surface area contributed by atoms with E-state index < -0.39 is 12.1 Å². The lowest BCUT2D eigenvalue weighted by molar-refractivity contribution is 0.190. The fourth-order valence-corrected chi connectivity index (χ4v) is 2.86. The Kier molecular flexibility index (Phi) is 3.13. The zero-order valence-electron chi connectivity index (χ0n) is 11.2. The van der Waals surface area contributed by atoms with Crippen LogP contribution in [0.5, 0.6) is 0 Å². The number of carboxylic acid groups (broad SMARTS) is 1. The standard InChI is InChI=1S/C15H15N3O3/c16-14(19)18-7-6-12-11(2-1-3-13(12)18)9-4-5-10(8-9)17-15(20)21/h1-4,6-7,10,17H,5,8H2,(H2,16,19)(H,20,21). The lowest BCUT2D eigenvalue weighted by atomic mass is 10.0. The third-order valence-corrected chi connectivity index (χ3v) is 3.76. The first-order chi connectivity index (χ1) is 10.1. The number of fused-ring (bicyclic) bond motifs is 1. The van der Waals surface area contributed by atoms with Crippen molar-refractivity contribution in [2.24, 2.45) is 5.73 Å². The number of benzene rings is 1. The van der Waals surface area contributed by atoms with Crippen LogP contribution in [0.15, 0.2) is 36.5 Å². The average Bonchev–Trinajstić information content (AvgIpc) is 3.03. The van der Waals surface area contributed by atoms with Crippen LogP contribution in [-0.4, -0.2) is 27.8 Å². The van der Waals surface area contributed by atoms with Gasteiger partial charge in [0.2, 0.25) is 0 Å². The van der Waals surface area contributed by atoms with Crippen molar-refractivity contribution in [3.8, 4) is 0 Å². The van der Waals surface area contributed by atoms with Crippen LogP contribution >= 0.6 is 0 Å². The quantitative estimate of drug-likeness (QED) is 0.790. The van der Waals surface area contributed by atoms with Gasteiger partial charge in [0.25, 0.3) is 0 Å². The second-order valence-corrected chi connectivity index (χ2v) is 5.08. The van der Waals surface area contributed by atoms with E-state index in [2.05, 4.69) is 5.32 Å². The summed E-state index contributed by atoms with van der Waals surface area (Å²) in [4.78, 5) is 22.1. The first-order valence-corrected chi connectivity index (χ1v) is 6.65. The molecule has 1 aromatic heterocycles. The van der Waals surface area contributed by atoms with Crippen molar-refractivity contribution >= 4 is 28.6 Å². The molecule has 1 unspecified atom stereocenters. The number of carbonyl (C=O) groups excluding carboxylic acids is 1. The zero-order valence-corrected chi connectivity index (χ0v) is 11.2. The molecule has 4 N–H and O–H groups in total. The van der Waals surface area contributed by atoms with Gasteiger partial charge < -0.3 is 16.2 Å². The van der Waals surface area contributed by atoms with E-state index in [1.165, 1.54) is 4.57 Å². The minimum atomic E-state index is -1.01. The fourth-order valence-electron chi connectivity index (χ4n) is 2.86. The third kappa shape index (κ3) is 2.35. The van der Waals surface area contributed by atoms with Gasteiger partial charge in [0.15, 0.2) is 0 Å². The summed E-state index contributed by atoms with van der Waals surface area (Å²) < 4.78 is 1.40.